The van der Waals surface area contributed by atoms with Crippen molar-refractivity contribution in [1.29, 1.82) is 0 Å². The topological polar surface area (TPSA) is 89.3 Å². The molecular weight excluding hydrogens is 384 g/mol. The SMILES string of the molecule is Cc1ccc(S(C)(=O)=O)cc1C(=O)NCC(N)c1ccc(C(C)C)cc1.Cl. The van der Waals surface area contributed by atoms with Crippen molar-refractivity contribution >= 4 is 28.2 Å². The molecule has 0 aliphatic carbocycles. The van der Waals surface area contributed by atoms with Crippen LogP contribution in [0.15, 0.2) is 47.4 Å². The molecule has 3 N–H and O–H groups in total. The van der Waals surface area contributed by atoms with Gasteiger partial charge < -0.3 is 11.1 Å². The van der Waals surface area contributed by atoms with Crippen LogP contribution in [0.3, 0.4) is 0 Å². The minimum atomic E-state index is -3.37. The predicted octanol–water partition coefficient (Wildman–Crippen LogP) is 3.37. The lowest BCUT2D eigenvalue weighted by Crippen LogP contribution is -2.32. The Hall–Kier alpha value is -1.89. The van der Waals surface area contributed by atoms with Crippen LogP contribution >= 0.6 is 12.4 Å². The van der Waals surface area contributed by atoms with Crippen LogP contribution in [0.2, 0.25) is 0 Å². The van der Waals surface area contributed by atoms with Crippen LogP contribution in [0.25, 0.3) is 0 Å². The van der Waals surface area contributed by atoms with Crippen molar-refractivity contribution in [3.63, 3.8) is 0 Å². The molecule has 2 rings (SSSR count). The van der Waals surface area contributed by atoms with Crippen molar-refractivity contribution in [2.45, 2.75) is 37.6 Å². The number of halogens is 1. The molecule has 0 aromatic heterocycles. The van der Waals surface area contributed by atoms with Crippen LogP contribution in [0.4, 0.5) is 0 Å². The lowest BCUT2D eigenvalue weighted by Gasteiger charge is -2.15. The van der Waals surface area contributed by atoms with Crippen molar-refractivity contribution in [3.8, 4) is 0 Å². The summed E-state index contributed by atoms with van der Waals surface area (Å²) in [6.07, 6.45) is 1.12. The van der Waals surface area contributed by atoms with Crippen LogP contribution in [0.1, 0.15) is 52.9 Å². The molecule has 0 heterocycles. The largest absolute Gasteiger partial charge is 0.350 e. The van der Waals surface area contributed by atoms with Crippen LogP contribution in [0.5, 0.6) is 0 Å². The molecule has 1 atom stereocenters. The molecule has 1 unspecified atom stereocenters. The molecule has 7 heteroatoms. The molecule has 0 spiro atoms. The highest BCUT2D eigenvalue weighted by Gasteiger charge is 2.15. The fraction of sp³-hybridized carbons (Fsp3) is 0.350. The van der Waals surface area contributed by atoms with Gasteiger partial charge in [0, 0.05) is 24.4 Å². The molecule has 2 aromatic carbocycles. The van der Waals surface area contributed by atoms with E-state index in [9.17, 15) is 13.2 Å². The highest BCUT2D eigenvalue weighted by molar-refractivity contribution is 7.90. The van der Waals surface area contributed by atoms with Gasteiger partial charge in [-0.3, -0.25) is 4.79 Å². The van der Waals surface area contributed by atoms with Gasteiger partial charge in [-0.15, -0.1) is 12.4 Å². The number of amides is 1. The number of nitrogens with one attached hydrogen (secondary N) is 1. The van der Waals surface area contributed by atoms with Crippen LogP contribution in [-0.4, -0.2) is 27.1 Å². The van der Waals surface area contributed by atoms with Gasteiger partial charge in [-0.05, 0) is 41.7 Å². The minimum Gasteiger partial charge on any atom is -0.350 e. The lowest BCUT2D eigenvalue weighted by atomic mass is 9.99. The number of hydrogen-bond donors (Lipinski definition) is 2. The van der Waals surface area contributed by atoms with Crippen molar-refractivity contribution in [2.75, 3.05) is 12.8 Å². The monoisotopic (exact) mass is 410 g/mol. The van der Waals surface area contributed by atoms with Crippen molar-refractivity contribution in [3.05, 3.63) is 64.7 Å². The summed E-state index contributed by atoms with van der Waals surface area (Å²) in [5.74, 6) is 0.118. The molecule has 27 heavy (non-hydrogen) atoms. The first-order valence-corrected chi connectivity index (χ1v) is 10.4. The molecule has 0 saturated carbocycles. The second-order valence-corrected chi connectivity index (χ2v) is 8.90. The van der Waals surface area contributed by atoms with Gasteiger partial charge in [0.1, 0.15) is 0 Å². The zero-order valence-corrected chi connectivity index (χ0v) is 17.7. The first-order valence-electron chi connectivity index (χ1n) is 8.54. The third-order valence-electron chi connectivity index (χ3n) is 4.40. The van der Waals surface area contributed by atoms with Gasteiger partial charge in [0.15, 0.2) is 9.84 Å². The first kappa shape index (κ1) is 23.1. The van der Waals surface area contributed by atoms with Gasteiger partial charge in [-0.25, -0.2) is 8.42 Å². The standard InChI is InChI=1S/C20H26N2O3S.ClH/c1-13(2)15-6-8-16(9-7-15)19(21)12-22-20(23)18-11-17(26(4,24)25)10-5-14(18)3;/h5-11,13,19H,12,21H2,1-4H3,(H,22,23);1H. The smallest absolute Gasteiger partial charge is 0.251 e. The van der Waals surface area contributed by atoms with Gasteiger partial charge in [0.05, 0.1) is 4.90 Å². The molecule has 0 bridgehead atoms. The Labute approximate surface area is 167 Å². The summed E-state index contributed by atoms with van der Waals surface area (Å²) >= 11 is 0. The summed E-state index contributed by atoms with van der Waals surface area (Å²) in [5, 5.41) is 2.80. The molecule has 5 nitrogen and oxygen atoms in total. The van der Waals surface area contributed by atoms with E-state index in [-0.39, 0.29) is 35.8 Å². The lowest BCUT2D eigenvalue weighted by molar-refractivity contribution is 0.0950. The van der Waals surface area contributed by atoms with E-state index in [0.717, 1.165) is 11.8 Å². The Morgan fingerprint density at radius 3 is 2.15 bits per heavy atom. The Bertz CT molecular complexity index is 894. The molecule has 0 aliphatic heterocycles. The number of hydrogen-bond acceptors (Lipinski definition) is 4. The Kier molecular flexibility index (Phi) is 8.02. The summed E-state index contributed by atoms with van der Waals surface area (Å²) < 4.78 is 23.4. The highest BCUT2D eigenvalue weighted by Crippen LogP contribution is 2.18. The number of carbonyl (C=O) groups is 1. The average Bonchev–Trinajstić information content (AvgIpc) is 2.58. The zero-order valence-electron chi connectivity index (χ0n) is 16.0. The maximum atomic E-state index is 12.5. The fourth-order valence-electron chi connectivity index (χ4n) is 2.62. The van der Waals surface area contributed by atoms with Gasteiger partial charge in [-0.1, -0.05) is 44.2 Å². The van der Waals surface area contributed by atoms with Crippen molar-refractivity contribution < 1.29 is 13.2 Å². The van der Waals surface area contributed by atoms with Gasteiger partial charge in [0.2, 0.25) is 0 Å². The molecular formula is C20H27ClN2O3S. The maximum Gasteiger partial charge on any atom is 0.251 e. The van der Waals surface area contributed by atoms with E-state index >= 15 is 0 Å². The average molecular weight is 411 g/mol. The molecule has 0 saturated heterocycles. The summed E-state index contributed by atoms with van der Waals surface area (Å²) in [6.45, 7) is 6.29. The fourth-order valence-corrected chi connectivity index (χ4v) is 3.27. The van der Waals surface area contributed by atoms with Crippen molar-refractivity contribution in [2.24, 2.45) is 5.73 Å². The summed E-state index contributed by atoms with van der Waals surface area (Å²) in [6, 6.07) is 12.2. The van der Waals surface area contributed by atoms with Crippen LogP contribution in [-0.2, 0) is 9.84 Å². The van der Waals surface area contributed by atoms with E-state index in [4.69, 9.17) is 5.73 Å². The quantitative estimate of drug-likeness (QED) is 0.763. The van der Waals surface area contributed by atoms with Gasteiger partial charge in [0.25, 0.3) is 5.91 Å². The molecule has 1 amide bonds. The minimum absolute atomic E-state index is 0. The Balaban J connectivity index is 0.00000364. The predicted molar refractivity (Wildman–Crippen MR) is 111 cm³/mol. The van der Waals surface area contributed by atoms with E-state index in [2.05, 4.69) is 19.2 Å². The number of benzene rings is 2. The molecule has 0 aliphatic rings. The van der Waals surface area contributed by atoms with E-state index in [1.54, 1.807) is 13.0 Å². The second kappa shape index (κ2) is 9.35. The maximum absolute atomic E-state index is 12.5. The Morgan fingerprint density at radius 2 is 1.63 bits per heavy atom. The summed E-state index contributed by atoms with van der Waals surface area (Å²) in [4.78, 5) is 12.6. The normalized spacial score (nSPS) is 12.4. The molecule has 2 aromatic rings. The number of sulfone groups is 1. The zero-order chi connectivity index (χ0) is 19.5. The number of carbonyl (C=O) groups excluding carboxylic acids is 1. The van der Waals surface area contributed by atoms with E-state index < -0.39 is 9.84 Å². The van der Waals surface area contributed by atoms with E-state index in [1.807, 2.05) is 24.3 Å². The van der Waals surface area contributed by atoms with Crippen LogP contribution in [0, 0.1) is 6.92 Å². The molecule has 0 fully saturated rings. The number of rotatable bonds is 6. The Morgan fingerprint density at radius 1 is 1.07 bits per heavy atom. The second-order valence-electron chi connectivity index (χ2n) is 6.89. The van der Waals surface area contributed by atoms with Gasteiger partial charge in [-0.2, -0.15) is 0 Å². The third kappa shape index (κ3) is 6.06. The number of aryl methyl sites for hydroxylation is 1. The third-order valence-corrected chi connectivity index (χ3v) is 5.51. The first-order chi connectivity index (χ1) is 12.1. The van der Waals surface area contributed by atoms with E-state index in [0.29, 0.717) is 17.0 Å². The van der Waals surface area contributed by atoms with Crippen molar-refractivity contribution in [1.82, 2.24) is 5.32 Å². The van der Waals surface area contributed by atoms with E-state index in [1.165, 1.54) is 17.7 Å². The summed E-state index contributed by atoms with van der Waals surface area (Å²) in [5.41, 5.74) is 9.41. The summed E-state index contributed by atoms with van der Waals surface area (Å²) in [7, 11) is -3.37. The highest BCUT2D eigenvalue weighted by atomic mass is 35.5. The molecule has 148 valence electrons. The van der Waals surface area contributed by atoms with Crippen LogP contribution < -0.4 is 11.1 Å². The molecule has 0 radical (unpaired) electrons. The van der Waals surface area contributed by atoms with Gasteiger partial charge >= 0.3 is 0 Å². The number of nitrogens with two attached hydrogens (primary N) is 1.